The van der Waals surface area contributed by atoms with E-state index < -0.39 is 0 Å². The van der Waals surface area contributed by atoms with Crippen LogP contribution in [0.5, 0.6) is 5.75 Å². The molecule has 0 spiro atoms. The fourth-order valence-electron chi connectivity index (χ4n) is 3.05. The van der Waals surface area contributed by atoms with Gasteiger partial charge < -0.3 is 10.1 Å². The van der Waals surface area contributed by atoms with Crippen LogP contribution in [0.1, 0.15) is 51.7 Å². The van der Waals surface area contributed by atoms with Crippen LogP contribution in [-0.4, -0.2) is 11.1 Å². The molecule has 1 aliphatic carbocycles. The summed E-state index contributed by atoms with van der Waals surface area (Å²) < 4.78 is 5.92. The number of fused-ring (bicyclic) bond motifs is 1. The Morgan fingerprint density at radius 1 is 1.32 bits per heavy atom. The van der Waals surface area contributed by atoms with E-state index in [2.05, 4.69) is 51.2 Å². The van der Waals surface area contributed by atoms with Gasteiger partial charge in [-0.1, -0.05) is 12.1 Å². The molecule has 0 amide bonds. The third-order valence-electron chi connectivity index (χ3n) is 4.47. The van der Waals surface area contributed by atoms with Crippen molar-refractivity contribution in [2.45, 2.75) is 64.6 Å². The molecule has 0 radical (unpaired) electrons. The molecule has 1 aliphatic heterocycles. The van der Waals surface area contributed by atoms with Gasteiger partial charge in [-0.05, 0) is 63.6 Å². The van der Waals surface area contributed by atoms with Crippen molar-refractivity contribution in [2.24, 2.45) is 5.92 Å². The fourth-order valence-corrected chi connectivity index (χ4v) is 3.05. The van der Waals surface area contributed by atoms with E-state index in [1.165, 1.54) is 24.0 Å². The van der Waals surface area contributed by atoms with Gasteiger partial charge in [0.05, 0.1) is 0 Å². The lowest BCUT2D eigenvalue weighted by Crippen LogP contribution is -2.40. The Labute approximate surface area is 116 Å². The van der Waals surface area contributed by atoms with Gasteiger partial charge in [0.1, 0.15) is 11.4 Å². The van der Waals surface area contributed by atoms with Gasteiger partial charge in [-0.15, -0.1) is 0 Å². The smallest absolute Gasteiger partial charge is 0.123 e. The van der Waals surface area contributed by atoms with Crippen molar-refractivity contribution in [2.75, 3.05) is 0 Å². The van der Waals surface area contributed by atoms with Crippen LogP contribution in [0.15, 0.2) is 18.2 Å². The van der Waals surface area contributed by atoms with Crippen molar-refractivity contribution in [1.82, 2.24) is 5.32 Å². The molecule has 104 valence electrons. The quantitative estimate of drug-likeness (QED) is 0.890. The Kier molecular flexibility index (Phi) is 2.90. The Morgan fingerprint density at radius 2 is 2.05 bits per heavy atom. The monoisotopic (exact) mass is 259 g/mol. The van der Waals surface area contributed by atoms with Crippen molar-refractivity contribution in [3.05, 3.63) is 29.3 Å². The van der Waals surface area contributed by atoms with Crippen LogP contribution in [0.4, 0.5) is 0 Å². The second kappa shape index (κ2) is 4.24. The molecule has 1 N–H and O–H groups in total. The molecule has 19 heavy (non-hydrogen) atoms. The van der Waals surface area contributed by atoms with Crippen molar-refractivity contribution >= 4 is 0 Å². The van der Waals surface area contributed by atoms with Gasteiger partial charge in [-0.25, -0.2) is 0 Å². The van der Waals surface area contributed by atoms with E-state index in [0.717, 1.165) is 24.6 Å². The van der Waals surface area contributed by atoms with Crippen LogP contribution in [0.25, 0.3) is 0 Å². The minimum absolute atomic E-state index is 0.0400. The zero-order valence-electron chi connectivity index (χ0n) is 12.5. The molecule has 1 heterocycles. The summed E-state index contributed by atoms with van der Waals surface area (Å²) in [6.45, 7) is 9.91. The molecular weight excluding hydrogens is 234 g/mol. The molecule has 0 unspecified atom stereocenters. The van der Waals surface area contributed by atoms with Crippen LogP contribution in [0, 0.1) is 5.92 Å². The lowest BCUT2D eigenvalue weighted by atomic mass is 9.97. The van der Waals surface area contributed by atoms with Gasteiger partial charge in [-0.3, -0.25) is 0 Å². The number of ether oxygens (including phenoxy) is 1. The van der Waals surface area contributed by atoms with E-state index in [1.54, 1.807) is 0 Å². The van der Waals surface area contributed by atoms with E-state index >= 15 is 0 Å². The van der Waals surface area contributed by atoms with Gasteiger partial charge in [0.2, 0.25) is 0 Å². The third-order valence-corrected chi connectivity index (χ3v) is 4.47. The molecule has 1 saturated carbocycles. The number of hydrogen-bond donors (Lipinski definition) is 1. The van der Waals surface area contributed by atoms with Gasteiger partial charge in [0, 0.05) is 18.5 Å². The molecule has 1 aromatic carbocycles. The molecule has 2 aliphatic rings. The third kappa shape index (κ3) is 2.79. The highest BCUT2D eigenvalue weighted by Gasteiger charge is 2.37. The largest absolute Gasteiger partial charge is 0.487 e. The van der Waals surface area contributed by atoms with E-state index in [-0.39, 0.29) is 11.1 Å². The van der Waals surface area contributed by atoms with Crippen LogP contribution < -0.4 is 10.1 Å². The maximum atomic E-state index is 5.92. The Bertz CT molecular complexity index is 486. The lowest BCUT2D eigenvalue weighted by molar-refractivity contribution is 0.138. The van der Waals surface area contributed by atoms with Gasteiger partial charge >= 0.3 is 0 Å². The van der Waals surface area contributed by atoms with E-state index in [0.29, 0.717) is 0 Å². The highest BCUT2D eigenvalue weighted by Crippen LogP contribution is 2.39. The first-order valence-corrected chi connectivity index (χ1v) is 7.42. The lowest BCUT2D eigenvalue weighted by Gasteiger charge is -2.26. The number of rotatable bonds is 4. The topological polar surface area (TPSA) is 21.3 Å². The molecular formula is C17H25NO. The Balaban J connectivity index is 1.67. The molecule has 1 fully saturated rings. The second-order valence-electron chi connectivity index (χ2n) is 7.33. The first-order chi connectivity index (χ1) is 8.86. The highest BCUT2D eigenvalue weighted by molar-refractivity contribution is 5.41. The number of nitrogens with one attached hydrogen (secondary N) is 1. The SMILES string of the molecule is CC1(C)Cc2cc(CNC(C)(C)C3CC3)ccc2O1. The van der Waals surface area contributed by atoms with Gasteiger partial charge in [0.25, 0.3) is 0 Å². The summed E-state index contributed by atoms with van der Waals surface area (Å²) in [5.74, 6) is 1.93. The van der Waals surface area contributed by atoms with E-state index in [4.69, 9.17) is 4.74 Å². The summed E-state index contributed by atoms with van der Waals surface area (Å²) in [5.41, 5.74) is 2.96. The van der Waals surface area contributed by atoms with E-state index in [1.807, 2.05) is 0 Å². The van der Waals surface area contributed by atoms with Crippen LogP contribution in [0.3, 0.4) is 0 Å². The summed E-state index contributed by atoms with van der Waals surface area (Å²) >= 11 is 0. The van der Waals surface area contributed by atoms with E-state index in [9.17, 15) is 0 Å². The average Bonchev–Trinajstić information content (AvgIpc) is 3.09. The normalized spacial score (nSPS) is 21.1. The first-order valence-electron chi connectivity index (χ1n) is 7.42. The summed E-state index contributed by atoms with van der Waals surface area (Å²) in [6.07, 6.45) is 3.78. The number of hydrogen-bond acceptors (Lipinski definition) is 2. The average molecular weight is 259 g/mol. The molecule has 2 nitrogen and oxygen atoms in total. The maximum absolute atomic E-state index is 5.92. The molecule has 0 aromatic heterocycles. The highest BCUT2D eigenvalue weighted by atomic mass is 16.5. The fraction of sp³-hybridized carbons (Fsp3) is 0.647. The van der Waals surface area contributed by atoms with Gasteiger partial charge in [-0.2, -0.15) is 0 Å². The summed E-state index contributed by atoms with van der Waals surface area (Å²) in [6, 6.07) is 6.63. The Hall–Kier alpha value is -1.02. The predicted molar refractivity (Wildman–Crippen MR) is 78.5 cm³/mol. The summed E-state index contributed by atoms with van der Waals surface area (Å²) in [5, 5.41) is 3.71. The minimum Gasteiger partial charge on any atom is -0.487 e. The first kappa shape index (κ1) is 13.0. The predicted octanol–water partition coefficient (Wildman–Crippen LogP) is 3.68. The van der Waals surface area contributed by atoms with Crippen LogP contribution in [-0.2, 0) is 13.0 Å². The van der Waals surface area contributed by atoms with Gasteiger partial charge in [0.15, 0.2) is 0 Å². The molecule has 0 atom stereocenters. The summed E-state index contributed by atoms with van der Waals surface area (Å²) in [4.78, 5) is 0. The van der Waals surface area contributed by atoms with Crippen LogP contribution >= 0.6 is 0 Å². The zero-order chi connectivity index (χ0) is 13.7. The molecule has 3 rings (SSSR count). The minimum atomic E-state index is -0.0400. The maximum Gasteiger partial charge on any atom is 0.123 e. The Morgan fingerprint density at radius 3 is 2.74 bits per heavy atom. The zero-order valence-corrected chi connectivity index (χ0v) is 12.5. The van der Waals surface area contributed by atoms with Crippen molar-refractivity contribution in [3.63, 3.8) is 0 Å². The number of benzene rings is 1. The van der Waals surface area contributed by atoms with Crippen molar-refractivity contribution in [3.8, 4) is 5.75 Å². The molecule has 2 heteroatoms. The standard InChI is InChI=1S/C17H25NO/c1-16(2)10-13-9-12(5-8-15(13)19-16)11-18-17(3,4)14-6-7-14/h5,8-9,14,18H,6-7,10-11H2,1-4H3. The molecule has 0 bridgehead atoms. The van der Waals surface area contributed by atoms with Crippen molar-refractivity contribution in [1.29, 1.82) is 0 Å². The molecule has 1 aromatic rings. The van der Waals surface area contributed by atoms with Crippen molar-refractivity contribution < 1.29 is 4.74 Å². The molecule has 0 saturated heterocycles. The second-order valence-corrected chi connectivity index (χ2v) is 7.33. The van der Waals surface area contributed by atoms with Crippen LogP contribution in [0.2, 0.25) is 0 Å². The summed E-state index contributed by atoms with van der Waals surface area (Å²) in [7, 11) is 0.